The van der Waals surface area contributed by atoms with Crippen LogP contribution in [0.15, 0.2) is 84.9 Å². The van der Waals surface area contributed by atoms with Gasteiger partial charge in [0, 0.05) is 45.4 Å². The summed E-state index contributed by atoms with van der Waals surface area (Å²) in [7, 11) is 5.19. The molecule has 7 nitrogen and oxygen atoms in total. The number of benzene rings is 3. The Kier molecular flexibility index (Phi) is 8.73. The Morgan fingerprint density at radius 2 is 1.61 bits per heavy atom. The molecule has 0 saturated heterocycles. The van der Waals surface area contributed by atoms with E-state index in [9.17, 15) is 5.11 Å². The highest BCUT2D eigenvalue weighted by atomic mass is 16.5. The van der Waals surface area contributed by atoms with E-state index in [1.165, 1.54) is 0 Å². The summed E-state index contributed by atoms with van der Waals surface area (Å²) in [6.45, 7) is 2.14. The van der Waals surface area contributed by atoms with Crippen LogP contribution in [0.4, 0.5) is 0 Å². The molecule has 7 heteroatoms. The first-order chi connectivity index (χ1) is 17.6. The lowest BCUT2D eigenvalue weighted by Crippen LogP contribution is -2.31. The smallest absolute Gasteiger partial charge is 0.222 e. The van der Waals surface area contributed by atoms with Gasteiger partial charge in [-0.15, -0.1) is 0 Å². The molecule has 0 fully saturated rings. The van der Waals surface area contributed by atoms with E-state index in [1.54, 1.807) is 18.9 Å². The Labute approximate surface area is 212 Å². The minimum absolute atomic E-state index is 0.440. The predicted octanol–water partition coefficient (Wildman–Crippen LogP) is 5.07. The number of nitrogens with zero attached hydrogens (tertiary/aromatic N) is 3. The normalized spacial score (nSPS) is 12.0. The van der Waals surface area contributed by atoms with Gasteiger partial charge in [-0.3, -0.25) is 4.90 Å². The number of aryl methyl sites for hydroxylation is 1. The van der Waals surface area contributed by atoms with E-state index in [1.807, 2.05) is 92.0 Å². The average molecular weight is 488 g/mol. The molecule has 1 unspecified atom stereocenters. The maximum absolute atomic E-state index is 11.0. The molecule has 188 valence electrons. The first-order valence-electron chi connectivity index (χ1n) is 12.0. The number of rotatable bonds is 12. The maximum atomic E-state index is 11.0. The number of hydrogen-bond acceptors (Lipinski definition) is 6. The molecule has 1 atom stereocenters. The summed E-state index contributed by atoms with van der Waals surface area (Å²) >= 11 is 0. The summed E-state index contributed by atoms with van der Waals surface area (Å²) in [6.07, 6.45) is -0.636. The van der Waals surface area contributed by atoms with Crippen molar-refractivity contribution in [1.29, 1.82) is 0 Å². The molecule has 1 N–H and O–H groups in total. The SMILES string of the molecule is COCCN(Cc1c(-c2ccccc2)nn(C)c1Oc1cccc(OC)c1)CC(O)c1ccccc1. The fraction of sp³-hybridized carbons (Fsp3) is 0.276. The third kappa shape index (κ3) is 6.31. The molecule has 3 aromatic carbocycles. The molecule has 0 aliphatic rings. The van der Waals surface area contributed by atoms with Crippen molar-refractivity contribution in [3.63, 3.8) is 0 Å². The molecule has 0 amide bonds. The molecule has 4 aromatic rings. The molecular weight excluding hydrogens is 454 g/mol. The van der Waals surface area contributed by atoms with Gasteiger partial charge in [-0.05, 0) is 17.7 Å². The van der Waals surface area contributed by atoms with Gasteiger partial charge < -0.3 is 19.3 Å². The standard InChI is InChI=1S/C29H33N3O4/c1-31-29(36-25-16-10-15-24(19-25)35-3)26(28(30-31)23-13-8-5-9-14-23)20-32(17-18-34-2)21-27(33)22-11-6-4-7-12-22/h4-16,19,27,33H,17-18,20-21H2,1-3H3. The van der Waals surface area contributed by atoms with E-state index < -0.39 is 6.10 Å². The number of ether oxygens (including phenoxy) is 3. The fourth-order valence-electron chi connectivity index (χ4n) is 4.13. The minimum atomic E-state index is -0.636. The third-order valence-corrected chi connectivity index (χ3v) is 6.00. The van der Waals surface area contributed by atoms with Gasteiger partial charge in [-0.2, -0.15) is 5.10 Å². The fourth-order valence-corrected chi connectivity index (χ4v) is 4.13. The molecule has 0 radical (unpaired) electrons. The number of aliphatic hydroxyl groups is 1. The number of aromatic nitrogens is 2. The van der Waals surface area contributed by atoms with Crippen LogP contribution in [0.2, 0.25) is 0 Å². The lowest BCUT2D eigenvalue weighted by molar-refractivity contribution is 0.0846. The zero-order valence-electron chi connectivity index (χ0n) is 21.0. The molecule has 0 bridgehead atoms. The van der Waals surface area contributed by atoms with Crippen LogP contribution in [0.25, 0.3) is 11.3 Å². The zero-order valence-corrected chi connectivity index (χ0v) is 21.0. The Hall–Kier alpha value is -3.65. The summed E-state index contributed by atoms with van der Waals surface area (Å²) in [6, 6.07) is 27.3. The van der Waals surface area contributed by atoms with Gasteiger partial charge >= 0.3 is 0 Å². The second-order valence-corrected chi connectivity index (χ2v) is 8.56. The molecule has 0 saturated carbocycles. The summed E-state index contributed by atoms with van der Waals surface area (Å²) in [5.41, 5.74) is 3.65. The third-order valence-electron chi connectivity index (χ3n) is 6.00. The van der Waals surface area contributed by atoms with Crippen LogP contribution in [0.1, 0.15) is 17.2 Å². The first kappa shape index (κ1) is 25.4. The monoisotopic (exact) mass is 487 g/mol. The zero-order chi connectivity index (χ0) is 25.3. The average Bonchev–Trinajstić information content (AvgIpc) is 3.22. The predicted molar refractivity (Wildman–Crippen MR) is 140 cm³/mol. The largest absolute Gasteiger partial charge is 0.497 e. The Morgan fingerprint density at radius 3 is 2.31 bits per heavy atom. The van der Waals surface area contributed by atoms with Gasteiger partial charge in [-0.25, -0.2) is 4.68 Å². The quantitative estimate of drug-likeness (QED) is 0.301. The van der Waals surface area contributed by atoms with E-state index in [-0.39, 0.29) is 0 Å². The van der Waals surface area contributed by atoms with Crippen molar-refractivity contribution < 1.29 is 19.3 Å². The van der Waals surface area contributed by atoms with Crippen LogP contribution in [-0.2, 0) is 18.3 Å². The van der Waals surface area contributed by atoms with Crippen molar-refractivity contribution in [2.24, 2.45) is 7.05 Å². The van der Waals surface area contributed by atoms with E-state index in [0.29, 0.717) is 43.6 Å². The number of methoxy groups -OCH3 is 2. The van der Waals surface area contributed by atoms with Crippen molar-refractivity contribution in [3.05, 3.63) is 96.1 Å². The van der Waals surface area contributed by atoms with Crippen molar-refractivity contribution in [1.82, 2.24) is 14.7 Å². The van der Waals surface area contributed by atoms with Crippen molar-refractivity contribution in [3.8, 4) is 28.6 Å². The second kappa shape index (κ2) is 12.4. The highest BCUT2D eigenvalue weighted by Gasteiger charge is 2.24. The van der Waals surface area contributed by atoms with Crippen molar-refractivity contribution >= 4 is 0 Å². The van der Waals surface area contributed by atoms with Crippen LogP contribution in [0.5, 0.6) is 17.4 Å². The summed E-state index contributed by atoms with van der Waals surface area (Å²) in [5, 5.41) is 15.8. The minimum Gasteiger partial charge on any atom is -0.497 e. The van der Waals surface area contributed by atoms with Gasteiger partial charge in [0.05, 0.1) is 25.4 Å². The van der Waals surface area contributed by atoms with E-state index in [4.69, 9.17) is 19.3 Å². The van der Waals surface area contributed by atoms with Crippen LogP contribution in [0.3, 0.4) is 0 Å². The highest BCUT2D eigenvalue weighted by molar-refractivity contribution is 5.65. The number of aliphatic hydroxyl groups excluding tert-OH is 1. The van der Waals surface area contributed by atoms with Crippen LogP contribution in [-0.4, -0.2) is 53.7 Å². The second-order valence-electron chi connectivity index (χ2n) is 8.56. The molecule has 0 aliphatic carbocycles. The summed E-state index contributed by atoms with van der Waals surface area (Å²) in [4.78, 5) is 2.17. The van der Waals surface area contributed by atoms with Crippen molar-refractivity contribution in [2.75, 3.05) is 33.9 Å². The van der Waals surface area contributed by atoms with Gasteiger partial charge in [0.15, 0.2) is 0 Å². The van der Waals surface area contributed by atoms with E-state index >= 15 is 0 Å². The van der Waals surface area contributed by atoms with Crippen LogP contribution >= 0.6 is 0 Å². The first-order valence-corrected chi connectivity index (χ1v) is 12.0. The van der Waals surface area contributed by atoms with Gasteiger partial charge in [0.2, 0.25) is 5.88 Å². The van der Waals surface area contributed by atoms with Gasteiger partial charge in [0.25, 0.3) is 0 Å². The lowest BCUT2D eigenvalue weighted by Gasteiger charge is -2.25. The molecular formula is C29H33N3O4. The number of hydrogen-bond donors (Lipinski definition) is 1. The Balaban J connectivity index is 1.70. The molecule has 0 spiro atoms. The summed E-state index contributed by atoms with van der Waals surface area (Å²) in [5.74, 6) is 2.01. The van der Waals surface area contributed by atoms with Crippen LogP contribution in [0, 0.1) is 0 Å². The van der Waals surface area contributed by atoms with E-state index in [2.05, 4.69) is 4.90 Å². The van der Waals surface area contributed by atoms with E-state index in [0.717, 1.165) is 22.4 Å². The Morgan fingerprint density at radius 1 is 0.917 bits per heavy atom. The molecule has 0 aliphatic heterocycles. The van der Waals surface area contributed by atoms with Gasteiger partial charge in [0.1, 0.15) is 17.2 Å². The molecule has 1 aromatic heterocycles. The van der Waals surface area contributed by atoms with Crippen LogP contribution < -0.4 is 9.47 Å². The highest BCUT2D eigenvalue weighted by Crippen LogP contribution is 2.35. The topological polar surface area (TPSA) is 69.0 Å². The lowest BCUT2D eigenvalue weighted by atomic mass is 10.1. The Bertz CT molecular complexity index is 1230. The van der Waals surface area contributed by atoms with Gasteiger partial charge in [-0.1, -0.05) is 66.7 Å². The molecule has 4 rings (SSSR count). The summed E-state index contributed by atoms with van der Waals surface area (Å²) < 4.78 is 18.9. The molecule has 36 heavy (non-hydrogen) atoms. The van der Waals surface area contributed by atoms with Crippen molar-refractivity contribution in [2.45, 2.75) is 12.6 Å². The maximum Gasteiger partial charge on any atom is 0.222 e. The molecule has 1 heterocycles.